The van der Waals surface area contributed by atoms with Gasteiger partial charge in [0.1, 0.15) is 0 Å². The zero-order valence-electron chi connectivity index (χ0n) is 13.5. The molecule has 0 unspecified atom stereocenters. The number of aliphatic hydroxyl groups is 1. The van der Waals surface area contributed by atoms with Crippen LogP contribution in [0.15, 0.2) is 23.1 Å². The zero-order valence-corrected chi connectivity index (χ0v) is 15.1. The smallest absolute Gasteiger partial charge is 0.335 e. The van der Waals surface area contributed by atoms with Crippen molar-refractivity contribution in [2.75, 3.05) is 24.6 Å². The summed E-state index contributed by atoms with van der Waals surface area (Å²) in [5.74, 6) is -2.32. The Bertz CT molecular complexity index is 880. The van der Waals surface area contributed by atoms with Crippen LogP contribution in [0.2, 0.25) is 0 Å². The minimum absolute atomic E-state index is 0.0832. The minimum atomic E-state index is -4.25. The second kappa shape index (κ2) is 7.00. The van der Waals surface area contributed by atoms with Crippen molar-refractivity contribution in [3.8, 4) is 0 Å². The molecule has 0 radical (unpaired) electrons. The standard InChI is InChI=1S/C14H20N2O7S2/c1-9-2-3-10(14(18)19)6-13(9)25(22,23)16(5-4-15)11-7-24(20,21)8-12(11)17/h2-3,6,11-12,17H,4-5,7-8,15H2,1H3,(H,18,19)/t11-,12+/m1/s1. The first-order valence-electron chi connectivity index (χ1n) is 7.44. The molecule has 1 aliphatic rings. The van der Waals surface area contributed by atoms with Crippen LogP contribution in [0.5, 0.6) is 0 Å². The summed E-state index contributed by atoms with van der Waals surface area (Å²) in [5, 5.41) is 19.1. The van der Waals surface area contributed by atoms with E-state index < -0.39 is 49.5 Å². The van der Waals surface area contributed by atoms with Gasteiger partial charge in [0.05, 0.1) is 34.1 Å². The summed E-state index contributed by atoms with van der Waals surface area (Å²) < 4.78 is 50.4. The lowest BCUT2D eigenvalue weighted by Gasteiger charge is -2.29. The number of nitrogens with two attached hydrogens (primary N) is 1. The van der Waals surface area contributed by atoms with Crippen LogP contribution in [0.1, 0.15) is 15.9 Å². The van der Waals surface area contributed by atoms with Crippen molar-refractivity contribution in [1.29, 1.82) is 0 Å². The molecule has 9 nitrogen and oxygen atoms in total. The molecule has 0 spiro atoms. The van der Waals surface area contributed by atoms with Crippen molar-refractivity contribution in [2.45, 2.75) is 24.0 Å². The predicted molar refractivity (Wildman–Crippen MR) is 89.5 cm³/mol. The van der Waals surface area contributed by atoms with E-state index in [4.69, 9.17) is 10.8 Å². The van der Waals surface area contributed by atoms with Crippen molar-refractivity contribution in [2.24, 2.45) is 5.73 Å². The fourth-order valence-electron chi connectivity index (χ4n) is 2.81. The Hall–Kier alpha value is -1.53. The lowest BCUT2D eigenvalue weighted by Crippen LogP contribution is -2.48. The molecule has 1 aliphatic heterocycles. The molecule has 0 aliphatic carbocycles. The largest absolute Gasteiger partial charge is 0.478 e. The molecule has 2 rings (SSSR count). The van der Waals surface area contributed by atoms with Gasteiger partial charge in [-0.25, -0.2) is 21.6 Å². The maximum atomic E-state index is 13.0. The molecule has 0 amide bonds. The van der Waals surface area contributed by atoms with Crippen molar-refractivity contribution >= 4 is 25.8 Å². The van der Waals surface area contributed by atoms with E-state index >= 15 is 0 Å². The molecule has 1 heterocycles. The van der Waals surface area contributed by atoms with Crippen molar-refractivity contribution in [3.63, 3.8) is 0 Å². The van der Waals surface area contributed by atoms with Crippen LogP contribution in [0.3, 0.4) is 0 Å². The predicted octanol–water partition coefficient (Wildman–Crippen LogP) is -1.20. The first-order chi connectivity index (χ1) is 11.5. The van der Waals surface area contributed by atoms with Crippen LogP contribution in [0.25, 0.3) is 0 Å². The van der Waals surface area contributed by atoms with Gasteiger partial charge >= 0.3 is 5.97 Å². The van der Waals surface area contributed by atoms with E-state index in [1.807, 2.05) is 0 Å². The minimum Gasteiger partial charge on any atom is -0.478 e. The van der Waals surface area contributed by atoms with Gasteiger partial charge in [-0.3, -0.25) is 0 Å². The maximum absolute atomic E-state index is 13.0. The summed E-state index contributed by atoms with van der Waals surface area (Å²) in [4.78, 5) is 10.9. The van der Waals surface area contributed by atoms with Gasteiger partial charge in [-0.1, -0.05) is 6.07 Å². The van der Waals surface area contributed by atoms with E-state index in [1.165, 1.54) is 19.1 Å². The molecule has 0 bridgehead atoms. The molecule has 1 aromatic carbocycles. The molecular formula is C14H20N2O7S2. The number of carboxylic acid groups (broad SMARTS) is 1. The second-order valence-electron chi connectivity index (χ2n) is 5.90. The number of hydrogen-bond acceptors (Lipinski definition) is 7. The number of sulfonamides is 1. The Morgan fingerprint density at radius 1 is 1.36 bits per heavy atom. The number of benzene rings is 1. The third-order valence-electron chi connectivity index (χ3n) is 4.03. The molecule has 1 fully saturated rings. The van der Waals surface area contributed by atoms with E-state index in [-0.39, 0.29) is 23.5 Å². The van der Waals surface area contributed by atoms with E-state index in [9.17, 15) is 26.7 Å². The Kier molecular flexibility index (Phi) is 5.54. The quantitative estimate of drug-likeness (QED) is 0.545. The third kappa shape index (κ3) is 4.01. The van der Waals surface area contributed by atoms with Gasteiger partial charge < -0.3 is 15.9 Å². The molecule has 0 aromatic heterocycles. The second-order valence-corrected chi connectivity index (χ2v) is 9.91. The molecule has 2 atom stereocenters. The highest BCUT2D eigenvalue weighted by atomic mass is 32.2. The molecule has 4 N–H and O–H groups in total. The molecule has 25 heavy (non-hydrogen) atoms. The third-order valence-corrected chi connectivity index (χ3v) is 7.80. The summed E-state index contributed by atoms with van der Waals surface area (Å²) >= 11 is 0. The highest BCUT2D eigenvalue weighted by Gasteiger charge is 2.44. The number of aromatic carboxylic acids is 1. The number of hydrogen-bond donors (Lipinski definition) is 3. The number of nitrogens with zero attached hydrogens (tertiary/aromatic N) is 1. The summed E-state index contributed by atoms with van der Waals surface area (Å²) in [6.07, 6.45) is -1.37. The number of carboxylic acids is 1. The van der Waals surface area contributed by atoms with Gasteiger partial charge in [0.25, 0.3) is 0 Å². The molecule has 1 saturated heterocycles. The highest BCUT2D eigenvalue weighted by Crippen LogP contribution is 2.27. The molecule has 140 valence electrons. The van der Waals surface area contributed by atoms with Crippen LogP contribution >= 0.6 is 0 Å². The number of sulfone groups is 1. The van der Waals surface area contributed by atoms with Crippen molar-refractivity contribution in [1.82, 2.24) is 4.31 Å². The molecule has 0 saturated carbocycles. The maximum Gasteiger partial charge on any atom is 0.335 e. The normalized spacial score (nSPS) is 23.0. The monoisotopic (exact) mass is 392 g/mol. The Morgan fingerprint density at radius 3 is 2.48 bits per heavy atom. The van der Waals surface area contributed by atoms with Gasteiger partial charge in [-0.05, 0) is 24.6 Å². The SMILES string of the molecule is Cc1ccc(C(=O)O)cc1S(=O)(=O)N(CCN)[C@@H]1CS(=O)(=O)C[C@@H]1O. The first kappa shape index (κ1) is 19.8. The van der Waals surface area contributed by atoms with E-state index in [0.717, 1.165) is 10.4 Å². The lowest BCUT2D eigenvalue weighted by molar-refractivity contribution is 0.0696. The van der Waals surface area contributed by atoms with Gasteiger partial charge in [0.2, 0.25) is 10.0 Å². The van der Waals surface area contributed by atoms with Gasteiger partial charge in [-0.2, -0.15) is 4.31 Å². The Labute approximate surface area is 146 Å². The van der Waals surface area contributed by atoms with Gasteiger partial charge in [0, 0.05) is 13.1 Å². The summed E-state index contributed by atoms with van der Waals surface area (Å²) in [6, 6.07) is 2.50. The fraction of sp³-hybridized carbons (Fsp3) is 0.500. The molecule has 1 aromatic rings. The number of aliphatic hydroxyl groups excluding tert-OH is 1. The molecular weight excluding hydrogens is 372 g/mol. The first-order valence-corrected chi connectivity index (χ1v) is 10.7. The fourth-order valence-corrected chi connectivity index (χ4v) is 6.63. The van der Waals surface area contributed by atoms with Crippen LogP contribution < -0.4 is 5.73 Å². The molecule has 11 heteroatoms. The Morgan fingerprint density at radius 2 is 2.00 bits per heavy atom. The van der Waals surface area contributed by atoms with Gasteiger partial charge in [-0.15, -0.1) is 0 Å². The van der Waals surface area contributed by atoms with Crippen LogP contribution in [0, 0.1) is 6.92 Å². The number of aryl methyl sites for hydroxylation is 1. The van der Waals surface area contributed by atoms with Crippen LogP contribution in [-0.4, -0.2) is 74.1 Å². The summed E-state index contributed by atoms with van der Waals surface area (Å²) in [6.45, 7) is 1.22. The topological polar surface area (TPSA) is 155 Å². The summed E-state index contributed by atoms with van der Waals surface area (Å²) in [5.41, 5.74) is 5.57. The zero-order chi connectivity index (χ0) is 19.0. The van der Waals surface area contributed by atoms with E-state index in [0.29, 0.717) is 5.56 Å². The average Bonchev–Trinajstić information content (AvgIpc) is 2.77. The van der Waals surface area contributed by atoms with Gasteiger partial charge in [0.15, 0.2) is 9.84 Å². The summed E-state index contributed by atoms with van der Waals surface area (Å²) in [7, 11) is -7.82. The lowest BCUT2D eigenvalue weighted by atomic mass is 10.1. The van der Waals surface area contributed by atoms with Crippen molar-refractivity contribution < 1.29 is 31.8 Å². The number of carbonyl (C=O) groups is 1. The van der Waals surface area contributed by atoms with Crippen LogP contribution in [-0.2, 0) is 19.9 Å². The number of rotatable bonds is 6. The van der Waals surface area contributed by atoms with E-state index in [1.54, 1.807) is 0 Å². The Balaban J connectivity index is 2.54. The van der Waals surface area contributed by atoms with Crippen LogP contribution in [0.4, 0.5) is 0 Å². The van der Waals surface area contributed by atoms with Crippen molar-refractivity contribution in [3.05, 3.63) is 29.3 Å². The van der Waals surface area contributed by atoms with E-state index in [2.05, 4.69) is 0 Å². The highest BCUT2D eigenvalue weighted by molar-refractivity contribution is 7.92. The average molecular weight is 392 g/mol.